The first-order chi connectivity index (χ1) is 13.8. The van der Waals surface area contributed by atoms with Crippen molar-refractivity contribution in [2.45, 2.75) is 24.9 Å². The van der Waals surface area contributed by atoms with Crippen molar-refractivity contribution in [3.05, 3.63) is 65.7 Å². The van der Waals surface area contributed by atoms with Crippen molar-refractivity contribution in [1.82, 2.24) is 25.1 Å². The number of ether oxygens (including phenoxy) is 1. The van der Waals surface area contributed by atoms with Gasteiger partial charge in [0.05, 0.1) is 24.1 Å². The molecule has 1 amide bonds. The molecule has 2 aliphatic heterocycles. The summed E-state index contributed by atoms with van der Waals surface area (Å²) in [6, 6.07) is 10.0. The Morgan fingerprint density at radius 3 is 2.71 bits per heavy atom. The van der Waals surface area contributed by atoms with Crippen molar-refractivity contribution in [1.29, 1.82) is 0 Å². The molecule has 4 heterocycles. The number of nitrogens with one attached hydrogen (secondary N) is 1. The zero-order valence-electron chi connectivity index (χ0n) is 15.5. The number of aromatic amines is 1. The van der Waals surface area contributed by atoms with E-state index >= 15 is 0 Å². The predicted molar refractivity (Wildman–Crippen MR) is 103 cm³/mol. The van der Waals surface area contributed by atoms with Gasteiger partial charge in [-0.05, 0) is 24.8 Å². The lowest BCUT2D eigenvalue weighted by Gasteiger charge is -2.44. The zero-order valence-corrected chi connectivity index (χ0v) is 15.5. The Kier molecular flexibility index (Phi) is 4.16. The number of carbonyl (C=O) groups is 1. The molecule has 5 rings (SSSR count). The smallest absolute Gasteiger partial charge is 0.257 e. The number of hydrogen-bond acceptors (Lipinski definition) is 5. The van der Waals surface area contributed by atoms with Gasteiger partial charge in [-0.1, -0.05) is 30.3 Å². The van der Waals surface area contributed by atoms with E-state index in [1.807, 2.05) is 41.4 Å². The van der Waals surface area contributed by atoms with Crippen LogP contribution in [-0.2, 0) is 16.8 Å². The number of aromatic nitrogens is 4. The summed E-state index contributed by atoms with van der Waals surface area (Å²) in [6.07, 6.45) is 7.43. The van der Waals surface area contributed by atoms with Crippen molar-refractivity contribution in [3.63, 3.8) is 0 Å². The predicted octanol–water partition coefficient (Wildman–Crippen LogP) is 2.57. The van der Waals surface area contributed by atoms with Gasteiger partial charge in [-0.3, -0.25) is 9.89 Å². The molecule has 0 aliphatic carbocycles. The SMILES string of the molecule is O=C(c1cn[nH]c1)N1CCC2(CC1)OCCc1cnc(-c3ccccc3)nc12. The molecule has 1 saturated heterocycles. The second-order valence-electron chi connectivity index (χ2n) is 7.31. The van der Waals surface area contributed by atoms with E-state index in [4.69, 9.17) is 9.72 Å². The molecule has 28 heavy (non-hydrogen) atoms. The molecule has 142 valence electrons. The van der Waals surface area contributed by atoms with E-state index in [0.717, 1.165) is 41.9 Å². The van der Waals surface area contributed by atoms with Gasteiger partial charge in [0.1, 0.15) is 5.60 Å². The van der Waals surface area contributed by atoms with Gasteiger partial charge >= 0.3 is 0 Å². The quantitative estimate of drug-likeness (QED) is 0.744. The Bertz CT molecular complexity index is 979. The lowest BCUT2D eigenvalue weighted by Crippen LogP contribution is -2.48. The van der Waals surface area contributed by atoms with Gasteiger partial charge in [0.25, 0.3) is 5.91 Å². The van der Waals surface area contributed by atoms with Crippen LogP contribution in [0.5, 0.6) is 0 Å². The minimum atomic E-state index is -0.437. The van der Waals surface area contributed by atoms with Crippen LogP contribution in [0, 0.1) is 0 Å². The van der Waals surface area contributed by atoms with Crippen LogP contribution in [0.2, 0.25) is 0 Å². The van der Waals surface area contributed by atoms with Crippen molar-refractivity contribution in [2.24, 2.45) is 0 Å². The Morgan fingerprint density at radius 1 is 1.14 bits per heavy atom. The number of piperidine rings is 1. The molecule has 0 unspecified atom stereocenters. The van der Waals surface area contributed by atoms with Crippen molar-refractivity contribution >= 4 is 5.91 Å². The molecule has 7 nitrogen and oxygen atoms in total. The molecule has 3 aromatic rings. The average Bonchev–Trinajstić information content (AvgIpc) is 3.30. The second kappa shape index (κ2) is 6.83. The molecule has 2 aliphatic rings. The lowest BCUT2D eigenvalue weighted by atomic mass is 9.83. The number of nitrogens with zero attached hydrogens (tertiary/aromatic N) is 4. The van der Waals surface area contributed by atoms with Crippen molar-refractivity contribution in [2.75, 3.05) is 19.7 Å². The zero-order chi connectivity index (χ0) is 19.0. The minimum Gasteiger partial charge on any atom is -0.368 e. The first-order valence-electron chi connectivity index (χ1n) is 9.59. The van der Waals surface area contributed by atoms with Crippen molar-refractivity contribution < 1.29 is 9.53 Å². The fourth-order valence-corrected chi connectivity index (χ4v) is 4.14. The highest BCUT2D eigenvalue weighted by Gasteiger charge is 2.43. The monoisotopic (exact) mass is 375 g/mol. The molecule has 1 aromatic carbocycles. The minimum absolute atomic E-state index is 0.00675. The average molecular weight is 375 g/mol. The Labute approximate surface area is 162 Å². The summed E-state index contributed by atoms with van der Waals surface area (Å²) in [5.74, 6) is 0.730. The maximum absolute atomic E-state index is 12.6. The molecule has 1 fully saturated rings. The van der Waals surface area contributed by atoms with Crippen LogP contribution in [-0.4, -0.2) is 50.7 Å². The summed E-state index contributed by atoms with van der Waals surface area (Å²) >= 11 is 0. The third-order valence-corrected chi connectivity index (χ3v) is 5.68. The summed E-state index contributed by atoms with van der Waals surface area (Å²) in [5.41, 5.74) is 3.30. The maximum Gasteiger partial charge on any atom is 0.257 e. The van der Waals surface area contributed by atoms with E-state index in [9.17, 15) is 4.79 Å². The van der Waals surface area contributed by atoms with Gasteiger partial charge in [-0.25, -0.2) is 9.97 Å². The largest absolute Gasteiger partial charge is 0.368 e. The number of benzene rings is 1. The van der Waals surface area contributed by atoms with Crippen LogP contribution in [0.15, 0.2) is 48.9 Å². The molecular formula is C21H21N5O2. The summed E-state index contributed by atoms with van der Waals surface area (Å²) in [5, 5.41) is 6.58. The topological polar surface area (TPSA) is 84.0 Å². The van der Waals surface area contributed by atoms with E-state index in [2.05, 4.69) is 15.2 Å². The third kappa shape index (κ3) is 2.88. The van der Waals surface area contributed by atoms with Crippen molar-refractivity contribution in [3.8, 4) is 11.4 Å². The highest BCUT2D eigenvalue weighted by atomic mass is 16.5. The molecule has 0 radical (unpaired) electrons. The standard InChI is InChI=1S/C21H21N5O2/c27-20(17-13-23-24-14-17)26-9-7-21(8-10-26)18-16(6-11-28-21)12-22-19(25-18)15-4-2-1-3-5-15/h1-5,12-14H,6-11H2,(H,23,24). The van der Waals surface area contributed by atoms with Crippen LogP contribution in [0.25, 0.3) is 11.4 Å². The first-order valence-corrected chi connectivity index (χ1v) is 9.59. The lowest BCUT2D eigenvalue weighted by molar-refractivity contribution is -0.0967. The third-order valence-electron chi connectivity index (χ3n) is 5.68. The number of rotatable bonds is 2. The summed E-state index contributed by atoms with van der Waals surface area (Å²) in [6.45, 7) is 1.93. The Morgan fingerprint density at radius 2 is 1.96 bits per heavy atom. The fourth-order valence-electron chi connectivity index (χ4n) is 4.14. The van der Waals surface area contributed by atoms with Gasteiger partial charge < -0.3 is 9.64 Å². The first kappa shape index (κ1) is 17.1. The van der Waals surface area contributed by atoms with Gasteiger partial charge in [0.15, 0.2) is 5.82 Å². The molecule has 1 spiro atoms. The molecule has 7 heteroatoms. The summed E-state index contributed by atoms with van der Waals surface area (Å²) in [4.78, 5) is 24.0. The summed E-state index contributed by atoms with van der Waals surface area (Å²) < 4.78 is 6.30. The Hall–Kier alpha value is -3.06. The molecule has 1 N–H and O–H groups in total. The molecule has 0 bridgehead atoms. The fraction of sp³-hybridized carbons (Fsp3) is 0.333. The van der Waals surface area contributed by atoms with Gasteiger partial charge in [-0.15, -0.1) is 0 Å². The number of amides is 1. The van der Waals surface area contributed by atoms with Crippen LogP contribution in [0.4, 0.5) is 0 Å². The molecular weight excluding hydrogens is 354 g/mol. The number of carbonyl (C=O) groups excluding carboxylic acids is 1. The number of hydrogen-bond donors (Lipinski definition) is 1. The molecule has 0 saturated carbocycles. The van der Waals surface area contributed by atoms with Crippen LogP contribution in [0.1, 0.15) is 34.5 Å². The van der Waals surface area contributed by atoms with Crippen LogP contribution < -0.4 is 0 Å². The van der Waals surface area contributed by atoms with Crippen LogP contribution in [0.3, 0.4) is 0 Å². The van der Waals surface area contributed by atoms with Gasteiger partial charge in [-0.2, -0.15) is 5.10 Å². The maximum atomic E-state index is 12.6. The van der Waals surface area contributed by atoms with E-state index in [1.165, 1.54) is 0 Å². The van der Waals surface area contributed by atoms with E-state index in [-0.39, 0.29) is 5.91 Å². The van der Waals surface area contributed by atoms with Gasteiger partial charge in [0.2, 0.25) is 0 Å². The Balaban J connectivity index is 1.43. The van der Waals surface area contributed by atoms with Crippen LogP contribution >= 0.6 is 0 Å². The van der Waals surface area contributed by atoms with E-state index in [1.54, 1.807) is 12.4 Å². The van der Waals surface area contributed by atoms with E-state index in [0.29, 0.717) is 25.3 Å². The number of likely N-dealkylation sites (tertiary alicyclic amines) is 1. The molecule has 2 aromatic heterocycles. The number of fused-ring (bicyclic) bond motifs is 2. The van der Waals surface area contributed by atoms with Gasteiger partial charge in [0, 0.05) is 31.0 Å². The number of H-pyrrole nitrogens is 1. The summed E-state index contributed by atoms with van der Waals surface area (Å²) in [7, 11) is 0. The normalized spacial score (nSPS) is 18.1. The highest BCUT2D eigenvalue weighted by Crippen LogP contribution is 2.41. The highest BCUT2D eigenvalue weighted by molar-refractivity contribution is 5.93. The second-order valence-corrected chi connectivity index (χ2v) is 7.31. The molecule has 0 atom stereocenters. The van der Waals surface area contributed by atoms with E-state index < -0.39 is 5.60 Å².